The molecular formula is C15H16N2O3. The Morgan fingerprint density at radius 1 is 1.15 bits per heavy atom. The van der Waals surface area contributed by atoms with Crippen LogP contribution in [0, 0.1) is 0 Å². The number of carbonyl (C=O) groups is 1. The van der Waals surface area contributed by atoms with Crippen LogP contribution in [0.5, 0.6) is 0 Å². The molecule has 104 valence electrons. The van der Waals surface area contributed by atoms with E-state index in [9.17, 15) is 4.79 Å². The third-order valence-corrected chi connectivity index (χ3v) is 3.47. The molecule has 1 heterocycles. The first-order valence-electron chi connectivity index (χ1n) is 6.60. The number of morpholine rings is 1. The van der Waals surface area contributed by atoms with Gasteiger partial charge in [0.2, 0.25) is 0 Å². The monoisotopic (exact) mass is 272 g/mol. The molecule has 0 bridgehead atoms. The number of benzene rings is 2. The van der Waals surface area contributed by atoms with Crippen LogP contribution >= 0.6 is 0 Å². The van der Waals surface area contributed by atoms with Crippen molar-refractivity contribution < 1.29 is 14.6 Å². The Morgan fingerprint density at radius 3 is 2.65 bits per heavy atom. The summed E-state index contributed by atoms with van der Waals surface area (Å²) in [6, 6.07) is 11.8. The molecule has 5 heteroatoms. The number of nitrogens with one attached hydrogen (secondary N) is 1. The maximum Gasteiger partial charge on any atom is 0.409 e. The van der Waals surface area contributed by atoms with Crippen LogP contribution in [-0.4, -0.2) is 37.5 Å². The lowest BCUT2D eigenvalue weighted by Gasteiger charge is -2.31. The normalized spacial score (nSPS) is 15.3. The molecule has 0 aliphatic carbocycles. The molecule has 1 saturated heterocycles. The molecule has 2 aromatic rings. The van der Waals surface area contributed by atoms with Gasteiger partial charge in [0.1, 0.15) is 0 Å². The molecule has 3 rings (SSSR count). The largest absolute Gasteiger partial charge is 0.465 e. The summed E-state index contributed by atoms with van der Waals surface area (Å²) in [5.74, 6) is 0. The van der Waals surface area contributed by atoms with E-state index in [2.05, 4.69) is 10.2 Å². The summed E-state index contributed by atoms with van der Waals surface area (Å²) < 4.78 is 5.38. The van der Waals surface area contributed by atoms with Crippen molar-refractivity contribution in [2.75, 3.05) is 36.5 Å². The smallest absolute Gasteiger partial charge is 0.409 e. The predicted molar refractivity (Wildman–Crippen MR) is 78.6 cm³/mol. The Bertz CT molecular complexity index is 636. The van der Waals surface area contributed by atoms with Gasteiger partial charge >= 0.3 is 6.09 Å². The van der Waals surface area contributed by atoms with Crippen LogP contribution in [0.2, 0.25) is 0 Å². The Kier molecular flexibility index (Phi) is 3.43. The third-order valence-electron chi connectivity index (χ3n) is 3.47. The number of carboxylic acid groups (broad SMARTS) is 1. The molecule has 0 spiro atoms. The van der Waals surface area contributed by atoms with Crippen molar-refractivity contribution in [2.45, 2.75) is 0 Å². The van der Waals surface area contributed by atoms with E-state index < -0.39 is 6.09 Å². The Labute approximate surface area is 116 Å². The minimum atomic E-state index is -1.05. The van der Waals surface area contributed by atoms with E-state index in [4.69, 9.17) is 9.84 Å². The number of rotatable bonds is 2. The number of ether oxygens (including phenoxy) is 1. The second kappa shape index (κ2) is 5.38. The van der Waals surface area contributed by atoms with Crippen molar-refractivity contribution in [3.63, 3.8) is 0 Å². The van der Waals surface area contributed by atoms with Gasteiger partial charge in [0, 0.05) is 18.5 Å². The lowest BCUT2D eigenvalue weighted by Crippen LogP contribution is -2.36. The van der Waals surface area contributed by atoms with Crippen molar-refractivity contribution in [1.29, 1.82) is 0 Å². The topological polar surface area (TPSA) is 61.8 Å². The fourth-order valence-corrected chi connectivity index (χ4v) is 2.60. The number of hydrogen-bond donors (Lipinski definition) is 2. The maximum absolute atomic E-state index is 11.0. The van der Waals surface area contributed by atoms with Crippen molar-refractivity contribution in [1.82, 2.24) is 0 Å². The molecule has 2 aromatic carbocycles. The Morgan fingerprint density at radius 2 is 1.90 bits per heavy atom. The van der Waals surface area contributed by atoms with E-state index in [0.717, 1.165) is 29.5 Å². The predicted octanol–water partition coefficient (Wildman–Crippen LogP) is 2.77. The highest BCUT2D eigenvalue weighted by Crippen LogP contribution is 2.35. The van der Waals surface area contributed by atoms with Gasteiger partial charge in [0.15, 0.2) is 0 Å². The fraction of sp³-hybridized carbons (Fsp3) is 0.267. The zero-order valence-electron chi connectivity index (χ0n) is 11.0. The van der Waals surface area contributed by atoms with Gasteiger partial charge < -0.3 is 14.7 Å². The minimum absolute atomic E-state index is 0.623. The molecule has 0 atom stereocenters. The van der Waals surface area contributed by atoms with Gasteiger partial charge in [-0.3, -0.25) is 5.32 Å². The summed E-state index contributed by atoms with van der Waals surface area (Å²) >= 11 is 0. The van der Waals surface area contributed by atoms with Crippen LogP contribution in [0.4, 0.5) is 16.2 Å². The van der Waals surface area contributed by atoms with Gasteiger partial charge in [0.05, 0.1) is 24.6 Å². The van der Waals surface area contributed by atoms with Crippen molar-refractivity contribution in [3.05, 3.63) is 36.4 Å². The highest BCUT2D eigenvalue weighted by Gasteiger charge is 2.18. The molecule has 2 N–H and O–H groups in total. The Balaban J connectivity index is 2.14. The Hall–Kier alpha value is -2.27. The van der Waals surface area contributed by atoms with Gasteiger partial charge in [-0.15, -0.1) is 0 Å². The van der Waals surface area contributed by atoms with Crippen LogP contribution in [0.15, 0.2) is 36.4 Å². The summed E-state index contributed by atoms with van der Waals surface area (Å²) in [5.41, 5.74) is 1.56. The zero-order valence-corrected chi connectivity index (χ0v) is 11.0. The molecule has 1 fully saturated rings. The van der Waals surface area contributed by atoms with Crippen LogP contribution in [-0.2, 0) is 4.74 Å². The fourth-order valence-electron chi connectivity index (χ4n) is 2.60. The third kappa shape index (κ3) is 2.40. The van der Waals surface area contributed by atoms with Gasteiger partial charge in [0.25, 0.3) is 0 Å². The second-order valence-corrected chi connectivity index (χ2v) is 4.71. The van der Waals surface area contributed by atoms with Gasteiger partial charge in [-0.25, -0.2) is 4.79 Å². The first-order chi connectivity index (χ1) is 9.75. The average molecular weight is 272 g/mol. The molecule has 0 unspecified atom stereocenters. The van der Waals surface area contributed by atoms with Crippen molar-refractivity contribution in [3.8, 4) is 0 Å². The average Bonchev–Trinajstić information content (AvgIpc) is 2.47. The van der Waals surface area contributed by atoms with E-state index >= 15 is 0 Å². The van der Waals surface area contributed by atoms with E-state index in [0.29, 0.717) is 18.9 Å². The van der Waals surface area contributed by atoms with Gasteiger partial charge in [-0.2, -0.15) is 0 Å². The van der Waals surface area contributed by atoms with Gasteiger partial charge in [-0.1, -0.05) is 30.3 Å². The lowest BCUT2D eigenvalue weighted by atomic mass is 10.1. The zero-order chi connectivity index (χ0) is 13.9. The van der Waals surface area contributed by atoms with E-state index in [-0.39, 0.29) is 0 Å². The molecule has 0 aromatic heterocycles. The molecule has 0 radical (unpaired) electrons. The number of fused-ring (bicyclic) bond motifs is 1. The number of anilines is 2. The number of amides is 1. The first-order valence-corrected chi connectivity index (χ1v) is 6.60. The lowest BCUT2D eigenvalue weighted by molar-refractivity contribution is 0.123. The summed E-state index contributed by atoms with van der Waals surface area (Å²) in [6.07, 6.45) is -1.05. The first kappa shape index (κ1) is 12.7. The summed E-state index contributed by atoms with van der Waals surface area (Å²) in [5, 5.41) is 13.7. The second-order valence-electron chi connectivity index (χ2n) is 4.71. The SMILES string of the molecule is O=C(O)Nc1ccc2ccccc2c1N1CCOCC1. The summed E-state index contributed by atoms with van der Waals surface area (Å²) in [7, 11) is 0. The van der Waals surface area contributed by atoms with Crippen LogP contribution < -0.4 is 10.2 Å². The molecule has 0 saturated carbocycles. The standard InChI is InChI=1S/C15H16N2O3/c18-15(19)16-13-6-5-11-3-1-2-4-12(11)14(13)17-7-9-20-10-8-17/h1-6,16H,7-10H2,(H,18,19). The van der Waals surface area contributed by atoms with Crippen LogP contribution in [0.3, 0.4) is 0 Å². The highest BCUT2D eigenvalue weighted by molar-refractivity contribution is 6.03. The van der Waals surface area contributed by atoms with Crippen molar-refractivity contribution >= 4 is 28.2 Å². The molecule has 1 amide bonds. The van der Waals surface area contributed by atoms with Crippen molar-refractivity contribution in [2.24, 2.45) is 0 Å². The maximum atomic E-state index is 11.0. The quantitative estimate of drug-likeness (QED) is 0.882. The minimum Gasteiger partial charge on any atom is -0.465 e. The number of nitrogens with zero attached hydrogens (tertiary/aromatic N) is 1. The van der Waals surface area contributed by atoms with E-state index in [1.165, 1.54) is 0 Å². The van der Waals surface area contributed by atoms with E-state index in [1.54, 1.807) is 0 Å². The van der Waals surface area contributed by atoms with Crippen LogP contribution in [0.1, 0.15) is 0 Å². The summed E-state index contributed by atoms with van der Waals surface area (Å²) in [6.45, 7) is 2.86. The molecule has 5 nitrogen and oxygen atoms in total. The molecular weight excluding hydrogens is 256 g/mol. The molecule has 20 heavy (non-hydrogen) atoms. The molecule has 1 aliphatic heterocycles. The van der Waals surface area contributed by atoms with E-state index in [1.807, 2.05) is 36.4 Å². The van der Waals surface area contributed by atoms with Crippen LogP contribution in [0.25, 0.3) is 10.8 Å². The highest BCUT2D eigenvalue weighted by atomic mass is 16.5. The summed E-state index contributed by atoms with van der Waals surface area (Å²) in [4.78, 5) is 13.2. The van der Waals surface area contributed by atoms with Gasteiger partial charge in [-0.05, 0) is 11.5 Å². The number of hydrogen-bond acceptors (Lipinski definition) is 3. The molecule has 1 aliphatic rings.